The van der Waals surface area contributed by atoms with Crippen LogP contribution < -0.4 is 20.1 Å². The molecule has 1 atom stereocenters. The highest BCUT2D eigenvalue weighted by molar-refractivity contribution is 14.0. The predicted molar refractivity (Wildman–Crippen MR) is 114 cm³/mol. The Morgan fingerprint density at radius 1 is 1.40 bits per heavy atom. The van der Waals surface area contributed by atoms with Gasteiger partial charge in [0.25, 0.3) is 0 Å². The molecule has 0 aliphatic carbocycles. The normalized spacial score (nSPS) is 16.2. The number of rotatable bonds is 7. The molecule has 25 heavy (non-hydrogen) atoms. The number of benzene rings is 1. The number of nitrogens with one attached hydrogen (secondary N) is 2. The molecule has 0 radical (unpaired) electrons. The second-order valence-electron chi connectivity index (χ2n) is 5.84. The molecule has 0 amide bonds. The lowest BCUT2D eigenvalue weighted by atomic mass is 10.1. The lowest BCUT2D eigenvalue weighted by molar-refractivity contribution is 0.254. The van der Waals surface area contributed by atoms with Crippen molar-refractivity contribution < 1.29 is 9.47 Å². The highest BCUT2D eigenvalue weighted by Crippen LogP contribution is 2.35. The third-order valence-corrected chi connectivity index (χ3v) is 3.89. The molecule has 0 saturated carbocycles. The maximum atomic E-state index is 5.87. The lowest BCUT2D eigenvalue weighted by Crippen LogP contribution is -2.37. The Labute approximate surface area is 168 Å². The molecule has 140 valence electrons. The molecule has 1 aliphatic rings. The van der Waals surface area contributed by atoms with Crippen LogP contribution in [-0.2, 0) is 13.0 Å². The zero-order valence-corrected chi connectivity index (χ0v) is 17.9. The Bertz CT molecular complexity index is 603. The Morgan fingerprint density at radius 3 is 2.88 bits per heavy atom. The molecule has 0 spiro atoms. The third-order valence-electron chi connectivity index (χ3n) is 3.89. The maximum absolute atomic E-state index is 5.87. The van der Waals surface area contributed by atoms with Crippen LogP contribution in [0.5, 0.6) is 11.5 Å². The molecule has 1 heterocycles. The minimum atomic E-state index is 0. The topological polar surface area (TPSA) is 54.9 Å². The van der Waals surface area contributed by atoms with Gasteiger partial charge >= 0.3 is 0 Å². The molecule has 0 saturated heterocycles. The number of fused-ring (bicyclic) bond motifs is 1. The van der Waals surface area contributed by atoms with E-state index in [0.717, 1.165) is 42.4 Å². The van der Waals surface area contributed by atoms with E-state index in [4.69, 9.17) is 9.47 Å². The second kappa shape index (κ2) is 11.2. The molecule has 6 heteroatoms. The van der Waals surface area contributed by atoms with E-state index in [0.29, 0.717) is 13.2 Å². The number of halogens is 1. The minimum Gasteiger partial charge on any atom is -0.494 e. The number of allylic oxidation sites excluding steroid dienone is 1. The van der Waals surface area contributed by atoms with Crippen LogP contribution in [0.15, 0.2) is 29.3 Å². The summed E-state index contributed by atoms with van der Waals surface area (Å²) < 4.78 is 11.7. The molecule has 2 N–H and O–H groups in total. The minimum absolute atomic E-state index is 0. The number of hydrogen-bond acceptors (Lipinski definition) is 3. The standard InChI is InChI=1S/C19H29N3O2.HI/c1-5-7-8-9-21-19(20-4)22-13-16-12-18-15(10-14(3)24-18)11-17(16)23-6-2;/h5,7,11-12,14H,6,8-10,13H2,1-4H3,(H2,20,21,22);1H/b7-5+;. The van der Waals surface area contributed by atoms with Gasteiger partial charge in [-0.3, -0.25) is 4.99 Å². The summed E-state index contributed by atoms with van der Waals surface area (Å²) in [5.41, 5.74) is 2.31. The van der Waals surface area contributed by atoms with Crippen molar-refractivity contribution in [3.63, 3.8) is 0 Å². The van der Waals surface area contributed by atoms with E-state index in [9.17, 15) is 0 Å². The number of ether oxygens (including phenoxy) is 2. The first kappa shape index (κ1) is 21.6. The van der Waals surface area contributed by atoms with Crippen LogP contribution >= 0.6 is 24.0 Å². The quantitative estimate of drug-likeness (QED) is 0.215. The van der Waals surface area contributed by atoms with Crippen molar-refractivity contribution in [3.8, 4) is 11.5 Å². The van der Waals surface area contributed by atoms with Crippen LogP contribution in [0.2, 0.25) is 0 Å². The molecule has 5 nitrogen and oxygen atoms in total. The fraction of sp³-hybridized carbons (Fsp3) is 0.526. The molecule has 1 unspecified atom stereocenters. The molecule has 0 bridgehead atoms. The van der Waals surface area contributed by atoms with Crippen LogP contribution in [-0.4, -0.2) is 32.3 Å². The van der Waals surface area contributed by atoms with Gasteiger partial charge in [-0.2, -0.15) is 0 Å². The van der Waals surface area contributed by atoms with Crippen molar-refractivity contribution >= 4 is 29.9 Å². The smallest absolute Gasteiger partial charge is 0.191 e. The second-order valence-corrected chi connectivity index (χ2v) is 5.84. The van der Waals surface area contributed by atoms with Crippen molar-refractivity contribution in [2.75, 3.05) is 20.2 Å². The van der Waals surface area contributed by atoms with Crippen molar-refractivity contribution in [3.05, 3.63) is 35.4 Å². The lowest BCUT2D eigenvalue weighted by Gasteiger charge is -2.15. The molecular weight excluding hydrogens is 429 g/mol. The molecular formula is C19H30IN3O2. The summed E-state index contributed by atoms with van der Waals surface area (Å²) in [6.45, 7) is 8.27. The Kier molecular flexibility index (Phi) is 9.70. The SMILES string of the molecule is C/C=C/CCNC(=NC)NCc1cc2c(cc1OCC)CC(C)O2.I. The van der Waals surface area contributed by atoms with E-state index >= 15 is 0 Å². The van der Waals surface area contributed by atoms with E-state index in [1.165, 1.54) is 5.56 Å². The van der Waals surface area contributed by atoms with Gasteiger partial charge in [-0.15, -0.1) is 24.0 Å². The van der Waals surface area contributed by atoms with E-state index in [1.807, 2.05) is 13.8 Å². The average Bonchev–Trinajstić information content (AvgIpc) is 2.93. The number of nitrogens with zero attached hydrogens (tertiary/aromatic N) is 1. The Morgan fingerprint density at radius 2 is 2.20 bits per heavy atom. The largest absolute Gasteiger partial charge is 0.494 e. The zero-order valence-electron chi connectivity index (χ0n) is 15.6. The molecule has 0 aromatic heterocycles. The fourth-order valence-corrected chi connectivity index (χ4v) is 2.75. The summed E-state index contributed by atoms with van der Waals surface area (Å²) in [7, 11) is 1.78. The first-order valence-corrected chi connectivity index (χ1v) is 8.68. The molecule has 1 aliphatic heterocycles. The third kappa shape index (κ3) is 6.41. The molecule has 1 aromatic carbocycles. The first-order chi connectivity index (χ1) is 11.7. The van der Waals surface area contributed by atoms with Crippen molar-refractivity contribution in [1.29, 1.82) is 0 Å². The average molecular weight is 459 g/mol. The predicted octanol–water partition coefficient (Wildman–Crippen LogP) is 3.66. The molecule has 2 rings (SSSR count). The van der Waals surface area contributed by atoms with Gasteiger partial charge in [0, 0.05) is 37.7 Å². The van der Waals surface area contributed by atoms with Gasteiger partial charge in [0.1, 0.15) is 17.6 Å². The zero-order chi connectivity index (χ0) is 17.4. The van der Waals surface area contributed by atoms with Gasteiger partial charge in [0.15, 0.2) is 5.96 Å². The van der Waals surface area contributed by atoms with Crippen LogP contribution in [0.3, 0.4) is 0 Å². The number of hydrogen-bond donors (Lipinski definition) is 2. The van der Waals surface area contributed by atoms with Crippen LogP contribution in [0.25, 0.3) is 0 Å². The first-order valence-electron chi connectivity index (χ1n) is 8.68. The molecule has 0 fully saturated rings. The van der Waals surface area contributed by atoms with Crippen molar-refractivity contribution in [1.82, 2.24) is 10.6 Å². The maximum Gasteiger partial charge on any atom is 0.191 e. The summed E-state index contributed by atoms with van der Waals surface area (Å²) >= 11 is 0. The Balaban J connectivity index is 0.00000312. The van der Waals surface area contributed by atoms with Crippen molar-refractivity contribution in [2.45, 2.75) is 46.3 Å². The van der Waals surface area contributed by atoms with Gasteiger partial charge in [-0.25, -0.2) is 0 Å². The van der Waals surface area contributed by atoms with Gasteiger partial charge in [-0.05, 0) is 39.3 Å². The van der Waals surface area contributed by atoms with Crippen LogP contribution in [0.4, 0.5) is 0 Å². The van der Waals surface area contributed by atoms with Gasteiger partial charge in [-0.1, -0.05) is 12.2 Å². The van der Waals surface area contributed by atoms with E-state index in [2.05, 4.69) is 46.8 Å². The summed E-state index contributed by atoms with van der Waals surface area (Å²) in [4.78, 5) is 4.26. The van der Waals surface area contributed by atoms with Crippen molar-refractivity contribution in [2.24, 2.45) is 4.99 Å². The number of aliphatic imine (C=N–C) groups is 1. The summed E-state index contributed by atoms with van der Waals surface area (Å²) in [6.07, 6.45) is 6.34. The van der Waals surface area contributed by atoms with Crippen LogP contribution in [0, 0.1) is 0 Å². The van der Waals surface area contributed by atoms with E-state index in [1.54, 1.807) is 7.05 Å². The monoisotopic (exact) mass is 459 g/mol. The highest BCUT2D eigenvalue weighted by atomic mass is 127. The summed E-state index contributed by atoms with van der Waals surface area (Å²) in [6, 6.07) is 4.20. The van der Waals surface area contributed by atoms with Crippen LogP contribution in [0.1, 0.15) is 38.3 Å². The van der Waals surface area contributed by atoms with E-state index < -0.39 is 0 Å². The highest BCUT2D eigenvalue weighted by Gasteiger charge is 2.21. The summed E-state index contributed by atoms with van der Waals surface area (Å²) in [5, 5.41) is 6.64. The molecule has 1 aromatic rings. The fourth-order valence-electron chi connectivity index (χ4n) is 2.75. The van der Waals surface area contributed by atoms with Gasteiger partial charge in [0.2, 0.25) is 0 Å². The van der Waals surface area contributed by atoms with Gasteiger partial charge in [0.05, 0.1) is 6.61 Å². The number of guanidine groups is 1. The van der Waals surface area contributed by atoms with Gasteiger partial charge < -0.3 is 20.1 Å². The summed E-state index contributed by atoms with van der Waals surface area (Å²) in [5.74, 6) is 2.68. The Hall–Kier alpha value is -1.44. The van der Waals surface area contributed by atoms with E-state index in [-0.39, 0.29) is 30.1 Å².